The predicted octanol–water partition coefficient (Wildman–Crippen LogP) is 2.12. The van der Waals surface area contributed by atoms with Crippen LogP contribution in [0.3, 0.4) is 0 Å². The van der Waals surface area contributed by atoms with Gasteiger partial charge in [-0.3, -0.25) is 4.99 Å². The van der Waals surface area contributed by atoms with Crippen LogP contribution in [0.25, 0.3) is 0 Å². The standard InChI is InChI=1S/C15H32N4O2S2.HI/c1-5-16-15(18-13-8-9-14(12-13)22-4)17-10-11-23(20,21)19(6-2)7-3;/h13-14H,5-12H2,1-4H3,(H2,16,17,18);1H. The number of hydrogen-bond acceptors (Lipinski definition) is 4. The SMILES string of the molecule is CCNC(=NCCS(=O)(=O)N(CC)CC)NC1CCC(SC)C1.I. The Kier molecular flexibility index (Phi) is 12.7. The molecule has 2 N–H and O–H groups in total. The first-order valence-corrected chi connectivity index (χ1v) is 11.4. The summed E-state index contributed by atoms with van der Waals surface area (Å²) in [5.41, 5.74) is 0. The van der Waals surface area contributed by atoms with E-state index in [1.165, 1.54) is 10.7 Å². The maximum Gasteiger partial charge on any atom is 0.215 e. The van der Waals surface area contributed by atoms with Gasteiger partial charge < -0.3 is 10.6 Å². The van der Waals surface area contributed by atoms with Crippen LogP contribution in [0, 0.1) is 0 Å². The van der Waals surface area contributed by atoms with E-state index in [1.54, 1.807) is 0 Å². The number of rotatable bonds is 9. The number of nitrogens with zero attached hydrogens (tertiary/aromatic N) is 2. The van der Waals surface area contributed by atoms with Crippen LogP contribution in [0.2, 0.25) is 0 Å². The Labute approximate surface area is 169 Å². The highest BCUT2D eigenvalue weighted by Gasteiger charge is 2.24. The Hall–Kier alpha value is 0.260. The van der Waals surface area contributed by atoms with Crippen molar-refractivity contribution in [3.8, 4) is 0 Å². The Morgan fingerprint density at radius 2 is 1.92 bits per heavy atom. The second-order valence-corrected chi connectivity index (χ2v) is 8.90. The van der Waals surface area contributed by atoms with E-state index in [0.29, 0.717) is 19.1 Å². The fourth-order valence-electron chi connectivity index (χ4n) is 2.82. The second-order valence-electron chi connectivity index (χ2n) is 5.67. The van der Waals surface area contributed by atoms with Gasteiger partial charge in [-0.15, -0.1) is 24.0 Å². The zero-order valence-corrected chi connectivity index (χ0v) is 19.2. The van der Waals surface area contributed by atoms with Gasteiger partial charge in [-0.1, -0.05) is 13.8 Å². The van der Waals surface area contributed by atoms with E-state index in [0.717, 1.165) is 30.6 Å². The molecule has 2 atom stereocenters. The van der Waals surface area contributed by atoms with Gasteiger partial charge in [-0.05, 0) is 32.4 Å². The van der Waals surface area contributed by atoms with Crippen molar-refractivity contribution in [2.24, 2.45) is 4.99 Å². The van der Waals surface area contributed by atoms with Crippen molar-refractivity contribution in [3.05, 3.63) is 0 Å². The summed E-state index contributed by atoms with van der Waals surface area (Å²) in [4.78, 5) is 4.45. The van der Waals surface area contributed by atoms with Crippen LogP contribution in [-0.4, -0.2) is 68.2 Å². The molecule has 24 heavy (non-hydrogen) atoms. The average Bonchev–Trinajstić information content (AvgIpc) is 2.95. The van der Waals surface area contributed by atoms with Crippen molar-refractivity contribution in [2.45, 2.75) is 51.3 Å². The molecular weight excluding hydrogens is 459 g/mol. The number of hydrogen-bond donors (Lipinski definition) is 2. The summed E-state index contributed by atoms with van der Waals surface area (Å²) < 4.78 is 25.8. The van der Waals surface area contributed by atoms with Crippen LogP contribution in [0.5, 0.6) is 0 Å². The molecule has 2 unspecified atom stereocenters. The summed E-state index contributed by atoms with van der Waals surface area (Å²) in [6, 6.07) is 0.435. The monoisotopic (exact) mass is 492 g/mol. The van der Waals surface area contributed by atoms with Gasteiger partial charge in [0.15, 0.2) is 5.96 Å². The summed E-state index contributed by atoms with van der Waals surface area (Å²) in [7, 11) is -3.21. The van der Waals surface area contributed by atoms with Crippen LogP contribution >= 0.6 is 35.7 Å². The molecule has 0 aromatic carbocycles. The minimum Gasteiger partial charge on any atom is -0.357 e. The predicted molar refractivity (Wildman–Crippen MR) is 116 cm³/mol. The molecule has 1 aliphatic rings. The smallest absolute Gasteiger partial charge is 0.215 e. The number of aliphatic imine (C=N–C) groups is 1. The highest BCUT2D eigenvalue weighted by atomic mass is 127. The lowest BCUT2D eigenvalue weighted by Gasteiger charge is -2.19. The van der Waals surface area contributed by atoms with Gasteiger partial charge in [0, 0.05) is 30.9 Å². The number of thioether (sulfide) groups is 1. The van der Waals surface area contributed by atoms with Gasteiger partial charge in [0.2, 0.25) is 10.0 Å². The lowest BCUT2D eigenvalue weighted by molar-refractivity contribution is 0.445. The van der Waals surface area contributed by atoms with Gasteiger partial charge in [-0.2, -0.15) is 11.8 Å². The van der Waals surface area contributed by atoms with Crippen molar-refractivity contribution < 1.29 is 8.42 Å². The second kappa shape index (κ2) is 12.6. The number of sulfonamides is 1. The maximum absolute atomic E-state index is 12.2. The largest absolute Gasteiger partial charge is 0.357 e. The van der Waals surface area contributed by atoms with E-state index in [2.05, 4.69) is 21.9 Å². The fraction of sp³-hybridized carbons (Fsp3) is 0.933. The van der Waals surface area contributed by atoms with Crippen LogP contribution in [-0.2, 0) is 10.0 Å². The number of guanidine groups is 1. The van der Waals surface area contributed by atoms with Gasteiger partial charge in [0.25, 0.3) is 0 Å². The lowest BCUT2D eigenvalue weighted by Crippen LogP contribution is -2.43. The summed E-state index contributed by atoms with van der Waals surface area (Å²) in [5.74, 6) is 0.789. The first kappa shape index (κ1) is 24.3. The van der Waals surface area contributed by atoms with Crippen molar-refractivity contribution in [1.82, 2.24) is 14.9 Å². The first-order chi connectivity index (χ1) is 11.0. The fourth-order valence-corrected chi connectivity index (χ4v) is 4.98. The highest BCUT2D eigenvalue weighted by molar-refractivity contribution is 14.0. The van der Waals surface area contributed by atoms with Gasteiger partial charge in [0.05, 0.1) is 12.3 Å². The van der Waals surface area contributed by atoms with E-state index in [9.17, 15) is 8.42 Å². The normalized spacial score (nSPS) is 21.6. The summed E-state index contributed by atoms with van der Waals surface area (Å²) >= 11 is 1.92. The highest BCUT2D eigenvalue weighted by Crippen LogP contribution is 2.27. The Morgan fingerprint density at radius 3 is 2.42 bits per heavy atom. The minimum atomic E-state index is -3.21. The Balaban J connectivity index is 0.00000529. The van der Waals surface area contributed by atoms with Crippen LogP contribution < -0.4 is 10.6 Å². The topological polar surface area (TPSA) is 73.8 Å². The van der Waals surface area contributed by atoms with Crippen molar-refractivity contribution in [2.75, 3.05) is 38.2 Å². The molecule has 9 heteroatoms. The molecule has 0 heterocycles. The van der Waals surface area contributed by atoms with Gasteiger partial charge >= 0.3 is 0 Å². The zero-order chi connectivity index (χ0) is 17.3. The van der Waals surface area contributed by atoms with Crippen molar-refractivity contribution in [1.29, 1.82) is 0 Å². The Bertz CT molecular complexity index is 470. The molecule has 1 fully saturated rings. The van der Waals surface area contributed by atoms with Crippen LogP contribution in [0.15, 0.2) is 4.99 Å². The van der Waals surface area contributed by atoms with Crippen molar-refractivity contribution >= 4 is 51.7 Å². The molecule has 6 nitrogen and oxygen atoms in total. The van der Waals surface area contributed by atoms with E-state index in [-0.39, 0.29) is 36.3 Å². The third kappa shape index (κ3) is 8.09. The summed E-state index contributed by atoms with van der Waals surface area (Å²) in [6.45, 7) is 7.82. The van der Waals surface area contributed by atoms with E-state index in [1.807, 2.05) is 32.5 Å². The zero-order valence-electron chi connectivity index (χ0n) is 15.2. The molecule has 144 valence electrons. The molecule has 0 aromatic rings. The number of nitrogens with one attached hydrogen (secondary N) is 2. The summed E-state index contributed by atoms with van der Waals surface area (Å²) in [6.07, 6.45) is 5.68. The molecular formula is C15H33IN4O2S2. The molecule has 0 bridgehead atoms. The molecule has 0 spiro atoms. The van der Waals surface area contributed by atoms with Gasteiger partial charge in [-0.25, -0.2) is 12.7 Å². The molecule has 1 saturated carbocycles. The quantitative estimate of drug-likeness (QED) is 0.293. The molecule has 1 rings (SSSR count). The van der Waals surface area contributed by atoms with Crippen molar-refractivity contribution in [3.63, 3.8) is 0 Å². The third-order valence-corrected chi connectivity index (χ3v) is 7.22. The summed E-state index contributed by atoms with van der Waals surface area (Å²) in [5, 5.41) is 7.37. The molecule has 0 amide bonds. The molecule has 1 aliphatic carbocycles. The van der Waals surface area contributed by atoms with E-state index < -0.39 is 10.0 Å². The van der Waals surface area contributed by atoms with Crippen LogP contribution in [0.1, 0.15) is 40.0 Å². The van der Waals surface area contributed by atoms with Gasteiger partial charge in [0.1, 0.15) is 0 Å². The molecule has 0 saturated heterocycles. The molecule has 0 aromatic heterocycles. The van der Waals surface area contributed by atoms with E-state index in [4.69, 9.17) is 0 Å². The number of halogens is 1. The van der Waals surface area contributed by atoms with E-state index >= 15 is 0 Å². The molecule has 0 radical (unpaired) electrons. The lowest BCUT2D eigenvalue weighted by atomic mass is 10.2. The maximum atomic E-state index is 12.2. The molecule has 0 aliphatic heterocycles. The van der Waals surface area contributed by atoms with Crippen LogP contribution in [0.4, 0.5) is 0 Å². The minimum absolute atomic E-state index is 0. The first-order valence-electron chi connectivity index (χ1n) is 8.52. The third-order valence-electron chi connectivity index (χ3n) is 4.12. The average molecular weight is 492 g/mol. The Morgan fingerprint density at radius 1 is 1.25 bits per heavy atom.